The molecule has 0 radical (unpaired) electrons. The first kappa shape index (κ1) is 18.0. The number of aromatic hydroxyl groups is 2. The van der Waals surface area contributed by atoms with Crippen molar-refractivity contribution in [2.24, 2.45) is 0 Å². The van der Waals surface area contributed by atoms with E-state index < -0.39 is 5.92 Å². The number of ether oxygens (including phenoxy) is 1. The van der Waals surface area contributed by atoms with Gasteiger partial charge in [-0.05, 0) is 49.6 Å². The van der Waals surface area contributed by atoms with Crippen LogP contribution in [0.5, 0.6) is 17.2 Å². The van der Waals surface area contributed by atoms with Gasteiger partial charge in [-0.1, -0.05) is 23.8 Å². The van der Waals surface area contributed by atoms with Crippen LogP contribution in [0, 0.1) is 0 Å². The maximum Gasteiger partial charge on any atom is 0.177 e. The highest BCUT2D eigenvalue weighted by Gasteiger charge is 2.34. The maximum absolute atomic E-state index is 13.1. The van der Waals surface area contributed by atoms with Crippen LogP contribution in [0.15, 0.2) is 42.0 Å². The third-order valence-corrected chi connectivity index (χ3v) is 4.58. The van der Waals surface area contributed by atoms with Gasteiger partial charge in [0.15, 0.2) is 5.78 Å². The Kier molecular flexibility index (Phi) is 5.00. The number of phenolic OH excluding ortho intramolecular Hbond substituents is 2. The largest absolute Gasteiger partial charge is 0.508 e. The van der Waals surface area contributed by atoms with E-state index in [-0.39, 0.29) is 30.5 Å². The normalized spacial score (nSPS) is 16.0. The van der Waals surface area contributed by atoms with Crippen LogP contribution < -0.4 is 4.74 Å². The minimum absolute atomic E-state index is 0.0150. The SMILES string of the molecule is CC(C)=CCc1c(O)cc(CO)c2c1OCC(c1ccc(O)cc1)C2=O. The van der Waals surface area contributed by atoms with E-state index in [4.69, 9.17) is 4.74 Å². The summed E-state index contributed by atoms with van der Waals surface area (Å²) < 4.78 is 5.89. The zero-order valence-electron chi connectivity index (χ0n) is 14.8. The van der Waals surface area contributed by atoms with Gasteiger partial charge in [0.25, 0.3) is 0 Å². The average molecular weight is 354 g/mol. The van der Waals surface area contributed by atoms with Gasteiger partial charge in [-0.3, -0.25) is 4.79 Å². The Morgan fingerprint density at radius 3 is 2.54 bits per heavy atom. The minimum atomic E-state index is -0.519. The first-order chi connectivity index (χ1) is 12.4. The van der Waals surface area contributed by atoms with Crippen molar-refractivity contribution in [3.05, 3.63) is 64.2 Å². The van der Waals surface area contributed by atoms with E-state index in [2.05, 4.69) is 0 Å². The second-order valence-corrected chi connectivity index (χ2v) is 6.70. The molecule has 26 heavy (non-hydrogen) atoms. The Morgan fingerprint density at radius 1 is 1.23 bits per heavy atom. The monoisotopic (exact) mass is 354 g/mol. The number of Topliss-reactive ketones (excluding diaryl/α,β-unsaturated/α-hetero) is 1. The Labute approximate surface area is 152 Å². The zero-order valence-corrected chi connectivity index (χ0v) is 14.8. The van der Waals surface area contributed by atoms with Gasteiger partial charge in [-0.2, -0.15) is 0 Å². The number of allylic oxidation sites excluding steroid dienone is 2. The fourth-order valence-electron chi connectivity index (χ4n) is 3.17. The number of aliphatic hydroxyl groups excluding tert-OH is 1. The Morgan fingerprint density at radius 2 is 1.92 bits per heavy atom. The lowest BCUT2D eigenvalue weighted by Gasteiger charge is -2.28. The van der Waals surface area contributed by atoms with Gasteiger partial charge in [-0.15, -0.1) is 0 Å². The second kappa shape index (κ2) is 7.22. The van der Waals surface area contributed by atoms with Gasteiger partial charge >= 0.3 is 0 Å². The fourth-order valence-corrected chi connectivity index (χ4v) is 3.17. The molecule has 5 heteroatoms. The Bertz CT molecular complexity index is 861. The van der Waals surface area contributed by atoms with Crippen molar-refractivity contribution in [2.75, 3.05) is 6.61 Å². The van der Waals surface area contributed by atoms with Crippen LogP contribution in [-0.4, -0.2) is 27.7 Å². The lowest BCUT2D eigenvalue weighted by Crippen LogP contribution is -2.28. The van der Waals surface area contributed by atoms with Gasteiger partial charge in [-0.25, -0.2) is 0 Å². The Hall–Kier alpha value is -2.79. The van der Waals surface area contributed by atoms with E-state index in [0.29, 0.717) is 28.9 Å². The maximum atomic E-state index is 13.1. The molecule has 1 unspecified atom stereocenters. The van der Waals surface area contributed by atoms with Crippen molar-refractivity contribution in [3.8, 4) is 17.2 Å². The predicted molar refractivity (Wildman–Crippen MR) is 97.8 cm³/mol. The molecule has 0 aromatic heterocycles. The molecule has 3 rings (SSSR count). The first-order valence-electron chi connectivity index (χ1n) is 8.50. The van der Waals surface area contributed by atoms with Crippen molar-refractivity contribution in [1.29, 1.82) is 0 Å². The third kappa shape index (κ3) is 3.30. The third-order valence-electron chi connectivity index (χ3n) is 4.58. The average Bonchev–Trinajstić information content (AvgIpc) is 2.61. The van der Waals surface area contributed by atoms with E-state index in [1.54, 1.807) is 12.1 Å². The summed E-state index contributed by atoms with van der Waals surface area (Å²) in [4.78, 5) is 13.1. The van der Waals surface area contributed by atoms with Gasteiger partial charge in [0.05, 0.1) is 18.1 Å². The summed E-state index contributed by atoms with van der Waals surface area (Å²) >= 11 is 0. The molecule has 0 amide bonds. The van der Waals surface area contributed by atoms with Crippen LogP contribution in [-0.2, 0) is 13.0 Å². The van der Waals surface area contributed by atoms with Crippen molar-refractivity contribution in [3.63, 3.8) is 0 Å². The van der Waals surface area contributed by atoms with Crippen LogP contribution in [0.25, 0.3) is 0 Å². The quantitative estimate of drug-likeness (QED) is 0.732. The van der Waals surface area contributed by atoms with Gasteiger partial charge in [0.1, 0.15) is 23.9 Å². The van der Waals surface area contributed by atoms with Crippen LogP contribution in [0.1, 0.15) is 46.8 Å². The fraction of sp³-hybridized carbons (Fsp3) is 0.286. The number of phenols is 2. The Balaban J connectivity index is 2.08. The molecule has 136 valence electrons. The summed E-state index contributed by atoms with van der Waals surface area (Å²) in [7, 11) is 0. The number of carbonyl (C=O) groups is 1. The number of benzene rings is 2. The molecule has 2 aromatic rings. The topological polar surface area (TPSA) is 87.0 Å². The molecule has 2 aromatic carbocycles. The van der Waals surface area contributed by atoms with E-state index >= 15 is 0 Å². The smallest absolute Gasteiger partial charge is 0.177 e. The number of rotatable bonds is 4. The highest BCUT2D eigenvalue weighted by Crippen LogP contribution is 2.41. The molecule has 0 bridgehead atoms. The number of hydrogen-bond acceptors (Lipinski definition) is 5. The van der Waals surface area contributed by atoms with Crippen LogP contribution >= 0.6 is 0 Å². The number of hydrogen-bond donors (Lipinski definition) is 3. The van der Waals surface area contributed by atoms with Crippen LogP contribution in [0.4, 0.5) is 0 Å². The van der Waals surface area contributed by atoms with E-state index in [1.165, 1.54) is 18.2 Å². The standard InChI is InChI=1S/C21H22O5/c1-12(2)3-8-16-18(24)9-14(10-22)19-20(25)17(11-26-21(16)19)13-4-6-15(23)7-5-13/h3-7,9,17,22-24H,8,10-11H2,1-2H3. The molecule has 0 aliphatic carbocycles. The molecule has 5 nitrogen and oxygen atoms in total. The van der Waals surface area contributed by atoms with Gasteiger partial charge in [0.2, 0.25) is 0 Å². The lowest BCUT2D eigenvalue weighted by atomic mass is 9.85. The highest BCUT2D eigenvalue weighted by molar-refractivity contribution is 6.06. The first-order valence-corrected chi connectivity index (χ1v) is 8.50. The number of aliphatic hydroxyl groups is 1. The highest BCUT2D eigenvalue weighted by atomic mass is 16.5. The summed E-state index contributed by atoms with van der Waals surface area (Å²) in [6, 6.07) is 7.88. The molecular formula is C21H22O5. The predicted octanol–water partition coefficient (Wildman–Crippen LogP) is 3.46. The van der Waals surface area contributed by atoms with Crippen molar-refractivity contribution < 1.29 is 24.9 Å². The summed E-state index contributed by atoms with van der Waals surface area (Å²) in [5, 5.41) is 29.5. The van der Waals surface area contributed by atoms with E-state index in [0.717, 1.165) is 11.1 Å². The lowest BCUT2D eigenvalue weighted by molar-refractivity contribution is 0.0890. The van der Waals surface area contributed by atoms with Gasteiger partial charge in [0, 0.05) is 5.56 Å². The molecular weight excluding hydrogens is 332 g/mol. The molecule has 1 aliphatic rings. The van der Waals surface area contributed by atoms with E-state index in [9.17, 15) is 20.1 Å². The van der Waals surface area contributed by atoms with Crippen molar-refractivity contribution in [2.45, 2.75) is 32.8 Å². The van der Waals surface area contributed by atoms with Crippen LogP contribution in [0.2, 0.25) is 0 Å². The van der Waals surface area contributed by atoms with E-state index in [1.807, 2.05) is 19.9 Å². The molecule has 3 N–H and O–H groups in total. The molecule has 1 atom stereocenters. The van der Waals surface area contributed by atoms with Crippen molar-refractivity contribution in [1.82, 2.24) is 0 Å². The van der Waals surface area contributed by atoms with Crippen LogP contribution in [0.3, 0.4) is 0 Å². The summed E-state index contributed by atoms with van der Waals surface area (Å²) in [5.74, 6) is -0.176. The zero-order chi connectivity index (χ0) is 18.8. The van der Waals surface area contributed by atoms with Gasteiger partial charge < -0.3 is 20.1 Å². The summed E-state index contributed by atoms with van der Waals surface area (Å²) in [6.07, 6.45) is 2.40. The number of fused-ring (bicyclic) bond motifs is 1. The molecule has 1 aliphatic heterocycles. The molecule has 1 heterocycles. The molecule has 0 fully saturated rings. The molecule has 0 spiro atoms. The molecule has 0 saturated heterocycles. The number of ketones is 1. The van der Waals surface area contributed by atoms with Crippen molar-refractivity contribution >= 4 is 5.78 Å². The summed E-state index contributed by atoms with van der Waals surface area (Å²) in [6.45, 7) is 3.69. The molecule has 0 saturated carbocycles. The number of carbonyl (C=O) groups excluding carboxylic acids is 1. The minimum Gasteiger partial charge on any atom is -0.508 e. The second-order valence-electron chi connectivity index (χ2n) is 6.70. The summed E-state index contributed by atoms with van der Waals surface area (Å²) in [5.41, 5.74) is 3.06.